The number of nitrogens with two attached hydrogens (primary N) is 1. The summed E-state index contributed by atoms with van der Waals surface area (Å²) >= 11 is 0. The minimum absolute atomic E-state index is 0.136. The van der Waals surface area contributed by atoms with Crippen LogP contribution in [0.2, 0.25) is 0 Å². The van der Waals surface area contributed by atoms with Crippen LogP contribution in [0.5, 0.6) is 0 Å². The maximum atomic E-state index is 12.5. The quantitative estimate of drug-likeness (QED) is 0.762. The molecule has 0 aromatic heterocycles. The van der Waals surface area contributed by atoms with Crippen molar-refractivity contribution in [3.63, 3.8) is 0 Å². The van der Waals surface area contributed by atoms with Crippen LogP contribution in [-0.2, 0) is 9.53 Å². The zero-order valence-corrected chi connectivity index (χ0v) is 11.4. The lowest BCUT2D eigenvalue weighted by Gasteiger charge is -2.31. The molecule has 0 spiro atoms. The smallest absolute Gasteiger partial charge is 0.226 e. The zero-order chi connectivity index (χ0) is 12.9. The second kappa shape index (κ2) is 6.36. The highest BCUT2D eigenvalue weighted by Gasteiger charge is 2.40. The van der Waals surface area contributed by atoms with E-state index in [0.29, 0.717) is 26.2 Å². The highest BCUT2D eigenvalue weighted by atomic mass is 16.5. The van der Waals surface area contributed by atoms with E-state index in [4.69, 9.17) is 10.5 Å². The largest absolute Gasteiger partial charge is 0.383 e. The van der Waals surface area contributed by atoms with Crippen LogP contribution in [0.15, 0.2) is 0 Å². The molecule has 1 rings (SSSR count). The first kappa shape index (κ1) is 14.5. The minimum Gasteiger partial charge on any atom is -0.383 e. The Hall–Kier alpha value is -0.610. The van der Waals surface area contributed by atoms with E-state index in [2.05, 4.69) is 13.8 Å². The second-order valence-electron chi connectivity index (χ2n) is 5.54. The van der Waals surface area contributed by atoms with Crippen LogP contribution in [0.1, 0.15) is 33.1 Å². The number of rotatable bonds is 6. The Kier molecular flexibility index (Phi) is 5.40. The molecule has 4 heteroatoms. The van der Waals surface area contributed by atoms with Crippen molar-refractivity contribution >= 4 is 5.91 Å². The third-order valence-electron chi connectivity index (χ3n) is 3.83. The van der Waals surface area contributed by atoms with Crippen molar-refractivity contribution in [2.45, 2.75) is 33.1 Å². The molecule has 0 aliphatic heterocycles. The van der Waals surface area contributed by atoms with Crippen molar-refractivity contribution < 1.29 is 9.53 Å². The Morgan fingerprint density at radius 1 is 1.47 bits per heavy atom. The molecule has 1 aliphatic rings. The number of hydrogen-bond acceptors (Lipinski definition) is 3. The molecule has 17 heavy (non-hydrogen) atoms. The van der Waals surface area contributed by atoms with E-state index in [9.17, 15) is 4.79 Å². The number of hydrogen-bond donors (Lipinski definition) is 1. The summed E-state index contributed by atoms with van der Waals surface area (Å²) < 4.78 is 5.05. The summed E-state index contributed by atoms with van der Waals surface area (Å²) in [5, 5.41) is 0. The molecule has 0 radical (unpaired) electrons. The molecule has 1 saturated carbocycles. The summed E-state index contributed by atoms with van der Waals surface area (Å²) in [5.74, 6) is 0.418. The predicted octanol–water partition coefficient (Wildman–Crippen LogP) is 1.25. The Labute approximate surface area is 104 Å². The Morgan fingerprint density at radius 2 is 2.18 bits per heavy atom. The number of methoxy groups -OCH3 is 1. The van der Waals surface area contributed by atoms with E-state index in [1.165, 1.54) is 0 Å². The standard InChI is InChI=1S/C13H26N2O2/c1-13(2)6-4-5-11(13)12(16)15(8-7-14)9-10-17-3/h11H,4-10,14H2,1-3H3. The molecule has 1 fully saturated rings. The van der Waals surface area contributed by atoms with E-state index in [1.54, 1.807) is 7.11 Å². The van der Waals surface area contributed by atoms with Crippen LogP contribution in [0.3, 0.4) is 0 Å². The average molecular weight is 242 g/mol. The lowest BCUT2D eigenvalue weighted by molar-refractivity contribution is -0.138. The average Bonchev–Trinajstić information content (AvgIpc) is 2.63. The van der Waals surface area contributed by atoms with Crippen LogP contribution in [0.4, 0.5) is 0 Å². The summed E-state index contributed by atoms with van der Waals surface area (Å²) in [6.07, 6.45) is 3.31. The van der Waals surface area contributed by atoms with Gasteiger partial charge in [-0.25, -0.2) is 0 Å². The highest BCUT2D eigenvalue weighted by Crippen LogP contribution is 2.43. The molecule has 1 aliphatic carbocycles. The van der Waals surface area contributed by atoms with Crippen molar-refractivity contribution in [2.75, 3.05) is 33.4 Å². The Morgan fingerprint density at radius 3 is 2.65 bits per heavy atom. The molecule has 0 saturated heterocycles. The van der Waals surface area contributed by atoms with Gasteiger partial charge in [-0.05, 0) is 18.3 Å². The summed E-state index contributed by atoms with van der Waals surface area (Å²) in [6.45, 7) is 6.77. The maximum Gasteiger partial charge on any atom is 0.226 e. The van der Waals surface area contributed by atoms with Gasteiger partial charge in [-0.3, -0.25) is 4.79 Å². The molecule has 0 bridgehead atoms. The minimum atomic E-state index is 0.136. The zero-order valence-electron chi connectivity index (χ0n) is 11.4. The summed E-state index contributed by atoms with van der Waals surface area (Å²) in [4.78, 5) is 14.3. The molecular weight excluding hydrogens is 216 g/mol. The molecule has 0 aromatic carbocycles. The first-order chi connectivity index (χ1) is 8.03. The summed E-state index contributed by atoms with van der Waals surface area (Å²) in [5.41, 5.74) is 5.71. The van der Waals surface area contributed by atoms with Crippen molar-refractivity contribution in [2.24, 2.45) is 17.1 Å². The fourth-order valence-corrected chi connectivity index (χ4v) is 2.69. The van der Waals surface area contributed by atoms with Gasteiger partial charge >= 0.3 is 0 Å². The summed E-state index contributed by atoms with van der Waals surface area (Å²) in [7, 11) is 1.66. The number of carbonyl (C=O) groups excluding carboxylic acids is 1. The van der Waals surface area contributed by atoms with E-state index in [1.807, 2.05) is 4.90 Å². The van der Waals surface area contributed by atoms with E-state index in [-0.39, 0.29) is 17.2 Å². The van der Waals surface area contributed by atoms with Gasteiger partial charge in [-0.15, -0.1) is 0 Å². The number of carbonyl (C=O) groups is 1. The van der Waals surface area contributed by atoms with Gasteiger partial charge in [0.25, 0.3) is 0 Å². The molecule has 100 valence electrons. The highest BCUT2D eigenvalue weighted by molar-refractivity contribution is 5.80. The van der Waals surface area contributed by atoms with E-state index >= 15 is 0 Å². The summed E-state index contributed by atoms with van der Waals surface area (Å²) in [6, 6.07) is 0. The molecule has 0 aromatic rings. The van der Waals surface area contributed by atoms with Crippen LogP contribution in [0.25, 0.3) is 0 Å². The number of ether oxygens (including phenoxy) is 1. The monoisotopic (exact) mass is 242 g/mol. The fraction of sp³-hybridized carbons (Fsp3) is 0.923. The molecule has 1 unspecified atom stereocenters. The third kappa shape index (κ3) is 3.68. The Bertz CT molecular complexity index is 254. The topological polar surface area (TPSA) is 55.6 Å². The van der Waals surface area contributed by atoms with Gasteiger partial charge < -0.3 is 15.4 Å². The normalized spacial score (nSPS) is 22.7. The first-order valence-corrected chi connectivity index (χ1v) is 6.50. The van der Waals surface area contributed by atoms with Crippen molar-refractivity contribution in [1.82, 2.24) is 4.90 Å². The van der Waals surface area contributed by atoms with Gasteiger partial charge in [-0.2, -0.15) is 0 Å². The van der Waals surface area contributed by atoms with Gasteiger partial charge in [0, 0.05) is 32.7 Å². The maximum absolute atomic E-state index is 12.5. The van der Waals surface area contributed by atoms with Gasteiger partial charge in [0.2, 0.25) is 5.91 Å². The molecule has 2 N–H and O–H groups in total. The van der Waals surface area contributed by atoms with Crippen LogP contribution in [-0.4, -0.2) is 44.2 Å². The van der Waals surface area contributed by atoms with Gasteiger partial charge in [0.1, 0.15) is 0 Å². The van der Waals surface area contributed by atoms with Crippen molar-refractivity contribution in [1.29, 1.82) is 0 Å². The fourth-order valence-electron chi connectivity index (χ4n) is 2.69. The van der Waals surface area contributed by atoms with Gasteiger partial charge in [-0.1, -0.05) is 20.3 Å². The molecule has 0 heterocycles. The second-order valence-corrected chi connectivity index (χ2v) is 5.54. The molecule has 4 nitrogen and oxygen atoms in total. The molecular formula is C13H26N2O2. The molecule has 1 amide bonds. The molecule has 1 atom stereocenters. The van der Waals surface area contributed by atoms with Crippen molar-refractivity contribution in [3.8, 4) is 0 Å². The number of nitrogens with zero attached hydrogens (tertiary/aromatic N) is 1. The van der Waals surface area contributed by atoms with Crippen molar-refractivity contribution in [3.05, 3.63) is 0 Å². The predicted molar refractivity (Wildman–Crippen MR) is 68.6 cm³/mol. The van der Waals surface area contributed by atoms with E-state index in [0.717, 1.165) is 19.3 Å². The van der Waals surface area contributed by atoms with Crippen LogP contribution in [0, 0.1) is 11.3 Å². The van der Waals surface area contributed by atoms with Crippen LogP contribution < -0.4 is 5.73 Å². The van der Waals surface area contributed by atoms with E-state index < -0.39 is 0 Å². The SMILES string of the molecule is COCCN(CCN)C(=O)C1CCCC1(C)C. The van der Waals surface area contributed by atoms with Gasteiger partial charge in [0.15, 0.2) is 0 Å². The first-order valence-electron chi connectivity index (χ1n) is 6.50. The Balaban J connectivity index is 2.63. The number of amides is 1. The lowest BCUT2D eigenvalue weighted by atomic mass is 9.81. The van der Waals surface area contributed by atoms with Gasteiger partial charge in [0.05, 0.1) is 6.61 Å². The lowest BCUT2D eigenvalue weighted by Crippen LogP contribution is -2.43. The third-order valence-corrected chi connectivity index (χ3v) is 3.83. The van der Waals surface area contributed by atoms with Crippen LogP contribution >= 0.6 is 0 Å².